The molecule has 3 nitrogen and oxygen atoms in total. The van der Waals surface area contributed by atoms with Crippen molar-refractivity contribution in [2.45, 2.75) is 50.8 Å². The molecule has 2 rings (SSSR count). The monoisotopic (exact) mass is 288 g/mol. The molecule has 6 heteroatoms. The quantitative estimate of drug-likeness (QED) is 0.845. The van der Waals surface area contributed by atoms with E-state index in [9.17, 15) is 13.2 Å². The zero-order valence-electron chi connectivity index (χ0n) is 11.5. The molecule has 1 aliphatic rings. The molecule has 0 amide bonds. The minimum atomic E-state index is -4.39. The van der Waals surface area contributed by atoms with Crippen LogP contribution in [0.5, 0.6) is 5.88 Å². The lowest BCUT2D eigenvalue weighted by atomic mass is 10.1. The smallest absolute Gasteiger partial charge is 0.416 e. The molecule has 0 radical (unpaired) electrons. The number of pyridine rings is 1. The number of nitrogens with zero attached hydrogens (tertiary/aromatic N) is 1. The summed E-state index contributed by atoms with van der Waals surface area (Å²) < 4.78 is 44.1. The normalized spacial score (nSPS) is 17.6. The van der Waals surface area contributed by atoms with Gasteiger partial charge in [0.25, 0.3) is 0 Å². The Kier molecular flexibility index (Phi) is 4.73. The summed E-state index contributed by atoms with van der Waals surface area (Å²) in [5, 5.41) is 2.64. The standard InChI is InChI=1S/C14H19F3N2O/c1-18-12-8-10(14(15,16)17)9-13(19-12)20-11-6-4-2-3-5-7-11/h8-9,11H,2-7H2,1H3,(H,18,19). The van der Waals surface area contributed by atoms with Crippen LogP contribution >= 0.6 is 0 Å². The fraction of sp³-hybridized carbons (Fsp3) is 0.643. The van der Waals surface area contributed by atoms with Crippen LogP contribution in [0, 0.1) is 0 Å². The molecule has 1 heterocycles. The molecule has 0 atom stereocenters. The second kappa shape index (κ2) is 6.33. The summed E-state index contributed by atoms with van der Waals surface area (Å²) in [5.74, 6) is 0.222. The first kappa shape index (κ1) is 14.9. The highest BCUT2D eigenvalue weighted by Gasteiger charge is 2.32. The third kappa shape index (κ3) is 4.02. The Morgan fingerprint density at radius 3 is 2.35 bits per heavy atom. The average Bonchev–Trinajstić information content (AvgIpc) is 2.66. The Labute approximate surface area is 116 Å². The lowest BCUT2D eigenvalue weighted by molar-refractivity contribution is -0.137. The number of aromatic nitrogens is 1. The van der Waals surface area contributed by atoms with Gasteiger partial charge in [0.05, 0.1) is 5.56 Å². The van der Waals surface area contributed by atoms with Gasteiger partial charge in [0, 0.05) is 13.1 Å². The molecule has 1 N–H and O–H groups in total. The van der Waals surface area contributed by atoms with Gasteiger partial charge in [0.15, 0.2) is 0 Å². The lowest BCUT2D eigenvalue weighted by Crippen LogP contribution is -2.17. The van der Waals surface area contributed by atoms with Gasteiger partial charge in [-0.3, -0.25) is 0 Å². The fourth-order valence-corrected chi connectivity index (χ4v) is 2.39. The first-order valence-corrected chi connectivity index (χ1v) is 6.93. The highest BCUT2D eigenvalue weighted by Crippen LogP contribution is 2.33. The molecule has 0 unspecified atom stereocenters. The van der Waals surface area contributed by atoms with Gasteiger partial charge in [-0.05, 0) is 31.7 Å². The zero-order chi connectivity index (χ0) is 14.6. The predicted octanol–water partition coefficient (Wildman–Crippen LogP) is 4.24. The summed E-state index contributed by atoms with van der Waals surface area (Å²) in [6.45, 7) is 0. The fourth-order valence-electron chi connectivity index (χ4n) is 2.39. The zero-order valence-corrected chi connectivity index (χ0v) is 11.5. The maximum absolute atomic E-state index is 12.8. The van der Waals surface area contributed by atoms with E-state index in [1.165, 1.54) is 7.05 Å². The van der Waals surface area contributed by atoms with Crippen LogP contribution in [0.4, 0.5) is 19.0 Å². The summed E-state index contributed by atoms with van der Waals surface area (Å²) in [6.07, 6.45) is 1.79. The van der Waals surface area contributed by atoms with Crippen LogP contribution in [-0.2, 0) is 6.18 Å². The number of nitrogens with one attached hydrogen (secondary N) is 1. The number of ether oxygens (including phenoxy) is 1. The molecule has 20 heavy (non-hydrogen) atoms. The van der Waals surface area contributed by atoms with Gasteiger partial charge in [-0.25, -0.2) is 0 Å². The number of hydrogen-bond acceptors (Lipinski definition) is 3. The van der Waals surface area contributed by atoms with Gasteiger partial charge in [-0.1, -0.05) is 12.8 Å². The molecule has 1 aliphatic carbocycles. The van der Waals surface area contributed by atoms with E-state index in [0.717, 1.165) is 50.7 Å². The number of anilines is 1. The predicted molar refractivity (Wildman–Crippen MR) is 70.9 cm³/mol. The Balaban J connectivity index is 2.17. The lowest BCUT2D eigenvalue weighted by Gasteiger charge is -2.18. The molecule has 1 saturated carbocycles. The van der Waals surface area contributed by atoms with Crippen molar-refractivity contribution in [3.63, 3.8) is 0 Å². The third-order valence-electron chi connectivity index (χ3n) is 3.47. The van der Waals surface area contributed by atoms with Crippen LogP contribution in [0.3, 0.4) is 0 Å². The van der Waals surface area contributed by atoms with Crippen molar-refractivity contribution in [1.29, 1.82) is 0 Å². The van der Waals surface area contributed by atoms with E-state index in [0.29, 0.717) is 0 Å². The van der Waals surface area contributed by atoms with Crippen molar-refractivity contribution in [3.05, 3.63) is 17.7 Å². The van der Waals surface area contributed by atoms with E-state index in [1.807, 2.05) is 0 Å². The van der Waals surface area contributed by atoms with E-state index in [4.69, 9.17) is 4.74 Å². The molecule has 1 fully saturated rings. The van der Waals surface area contributed by atoms with Crippen molar-refractivity contribution in [3.8, 4) is 5.88 Å². The number of rotatable bonds is 3. The topological polar surface area (TPSA) is 34.1 Å². The van der Waals surface area contributed by atoms with Gasteiger partial charge in [-0.15, -0.1) is 0 Å². The summed E-state index contributed by atoms with van der Waals surface area (Å²) in [4.78, 5) is 4.06. The summed E-state index contributed by atoms with van der Waals surface area (Å²) in [6, 6.07) is 1.96. The number of halogens is 3. The van der Waals surface area contributed by atoms with Gasteiger partial charge in [-0.2, -0.15) is 18.2 Å². The summed E-state index contributed by atoms with van der Waals surface area (Å²) >= 11 is 0. The van der Waals surface area contributed by atoms with Gasteiger partial charge in [0.1, 0.15) is 11.9 Å². The van der Waals surface area contributed by atoms with Gasteiger partial charge >= 0.3 is 6.18 Å². The van der Waals surface area contributed by atoms with Gasteiger partial charge in [0.2, 0.25) is 5.88 Å². The van der Waals surface area contributed by atoms with Crippen molar-refractivity contribution in [2.75, 3.05) is 12.4 Å². The molecular weight excluding hydrogens is 269 g/mol. The minimum Gasteiger partial charge on any atom is -0.474 e. The Bertz CT molecular complexity index is 441. The van der Waals surface area contributed by atoms with Crippen LogP contribution in [0.25, 0.3) is 0 Å². The Morgan fingerprint density at radius 1 is 1.15 bits per heavy atom. The van der Waals surface area contributed by atoms with E-state index in [2.05, 4.69) is 10.3 Å². The highest BCUT2D eigenvalue weighted by molar-refractivity contribution is 5.42. The van der Waals surface area contributed by atoms with E-state index in [-0.39, 0.29) is 17.8 Å². The molecule has 0 spiro atoms. The van der Waals surface area contributed by atoms with Crippen molar-refractivity contribution in [1.82, 2.24) is 4.98 Å². The van der Waals surface area contributed by atoms with Crippen molar-refractivity contribution in [2.24, 2.45) is 0 Å². The van der Waals surface area contributed by atoms with Crippen molar-refractivity contribution < 1.29 is 17.9 Å². The van der Waals surface area contributed by atoms with Crippen LogP contribution in [-0.4, -0.2) is 18.1 Å². The summed E-state index contributed by atoms with van der Waals surface area (Å²) in [7, 11) is 1.54. The Morgan fingerprint density at radius 2 is 1.80 bits per heavy atom. The largest absolute Gasteiger partial charge is 0.474 e. The average molecular weight is 288 g/mol. The molecule has 112 valence electrons. The number of alkyl halides is 3. The molecule has 0 saturated heterocycles. The molecule has 0 bridgehead atoms. The van der Waals surface area contributed by atoms with Crippen LogP contribution in [0.15, 0.2) is 12.1 Å². The second-order valence-electron chi connectivity index (χ2n) is 5.06. The maximum atomic E-state index is 12.8. The molecular formula is C14H19F3N2O. The van der Waals surface area contributed by atoms with Gasteiger partial charge < -0.3 is 10.1 Å². The van der Waals surface area contributed by atoms with Crippen molar-refractivity contribution >= 4 is 5.82 Å². The molecule has 1 aromatic heterocycles. The molecule has 0 aromatic carbocycles. The Hall–Kier alpha value is -1.46. The van der Waals surface area contributed by atoms with E-state index >= 15 is 0 Å². The first-order valence-electron chi connectivity index (χ1n) is 6.93. The first-order chi connectivity index (χ1) is 9.49. The summed E-state index contributed by atoms with van der Waals surface area (Å²) in [5.41, 5.74) is -0.736. The second-order valence-corrected chi connectivity index (χ2v) is 5.06. The molecule has 0 aliphatic heterocycles. The van der Waals surface area contributed by atoms with Crippen LogP contribution < -0.4 is 10.1 Å². The molecule has 1 aromatic rings. The van der Waals surface area contributed by atoms with Crippen LogP contribution in [0.1, 0.15) is 44.1 Å². The SMILES string of the molecule is CNc1cc(C(F)(F)F)cc(OC2CCCCCC2)n1. The van der Waals surface area contributed by atoms with Crippen LogP contribution in [0.2, 0.25) is 0 Å². The minimum absolute atomic E-state index is 0.0295. The third-order valence-corrected chi connectivity index (χ3v) is 3.47. The number of hydrogen-bond donors (Lipinski definition) is 1. The highest BCUT2D eigenvalue weighted by atomic mass is 19.4. The maximum Gasteiger partial charge on any atom is 0.416 e. The van der Waals surface area contributed by atoms with E-state index in [1.54, 1.807) is 0 Å². The van der Waals surface area contributed by atoms with E-state index < -0.39 is 11.7 Å².